The molecular weight excluding hydrogens is 276 g/mol. The van der Waals surface area contributed by atoms with E-state index in [4.69, 9.17) is 4.52 Å². The summed E-state index contributed by atoms with van der Waals surface area (Å²) in [6.45, 7) is 4.06. The molecule has 1 aromatic heterocycles. The molecular formula is C14H18N2O3S. The van der Waals surface area contributed by atoms with Crippen LogP contribution in [0.2, 0.25) is 0 Å². The summed E-state index contributed by atoms with van der Waals surface area (Å²) in [6.07, 6.45) is 0.518. The highest BCUT2D eigenvalue weighted by molar-refractivity contribution is 7.88. The average Bonchev–Trinajstić information content (AvgIpc) is 2.74. The summed E-state index contributed by atoms with van der Waals surface area (Å²) >= 11 is 0. The molecule has 0 unspecified atom stereocenters. The van der Waals surface area contributed by atoms with Crippen LogP contribution in [0.15, 0.2) is 34.9 Å². The maximum Gasteiger partial charge on any atom is 0.215 e. The first-order valence-corrected chi connectivity index (χ1v) is 8.05. The van der Waals surface area contributed by atoms with Crippen LogP contribution in [0.3, 0.4) is 0 Å². The van der Waals surface area contributed by atoms with Gasteiger partial charge < -0.3 is 4.52 Å². The van der Waals surface area contributed by atoms with Crippen LogP contribution in [0.4, 0.5) is 0 Å². The van der Waals surface area contributed by atoms with Crippen molar-refractivity contribution in [1.29, 1.82) is 0 Å². The van der Waals surface area contributed by atoms with Crippen molar-refractivity contribution in [2.75, 3.05) is 6.54 Å². The van der Waals surface area contributed by atoms with Crippen molar-refractivity contribution in [3.05, 3.63) is 52.9 Å². The van der Waals surface area contributed by atoms with Crippen LogP contribution < -0.4 is 4.72 Å². The van der Waals surface area contributed by atoms with Gasteiger partial charge in [0.15, 0.2) is 0 Å². The quantitative estimate of drug-likeness (QED) is 0.884. The molecule has 1 N–H and O–H groups in total. The highest BCUT2D eigenvalue weighted by Gasteiger charge is 2.11. The van der Waals surface area contributed by atoms with E-state index in [9.17, 15) is 8.42 Å². The van der Waals surface area contributed by atoms with Crippen LogP contribution in [0.5, 0.6) is 0 Å². The van der Waals surface area contributed by atoms with E-state index >= 15 is 0 Å². The summed E-state index contributed by atoms with van der Waals surface area (Å²) < 4.78 is 31.4. The zero-order valence-corrected chi connectivity index (χ0v) is 12.4. The summed E-state index contributed by atoms with van der Waals surface area (Å²) in [5, 5.41) is 3.82. The van der Waals surface area contributed by atoms with Crippen molar-refractivity contribution < 1.29 is 12.9 Å². The molecule has 5 nitrogen and oxygen atoms in total. The standard InChI is InChI=1S/C14H18N2O3S/c1-11-4-3-5-13(8-11)10-20(17,18)15-7-6-14-9-12(2)19-16-14/h3-5,8-9,15H,6-7,10H2,1-2H3. The number of hydrogen-bond donors (Lipinski definition) is 1. The highest BCUT2D eigenvalue weighted by Crippen LogP contribution is 2.08. The third-order valence-corrected chi connectivity index (χ3v) is 4.18. The number of nitrogens with zero attached hydrogens (tertiary/aromatic N) is 1. The van der Waals surface area contributed by atoms with Gasteiger partial charge in [-0.05, 0) is 19.4 Å². The third kappa shape index (κ3) is 4.47. The maximum atomic E-state index is 12.0. The number of aromatic nitrogens is 1. The molecule has 1 heterocycles. The summed E-state index contributed by atoms with van der Waals surface area (Å²) in [6, 6.07) is 9.29. The Labute approximate surface area is 119 Å². The van der Waals surface area contributed by atoms with E-state index in [2.05, 4.69) is 9.88 Å². The second-order valence-electron chi connectivity index (χ2n) is 4.82. The van der Waals surface area contributed by atoms with E-state index < -0.39 is 10.0 Å². The van der Waals surface area contributed by atoms with Gasteiger partial charge in [-0.2, -0.15) is 0 Å². The van der Waals surface area contributed by atoms with Crippen molar-refractivity contribution in [2.45, 2.75) is 26.0 Å². The van der Waals surface area contributed by atoms with E-state index in [0.717, 1.165) is 22.6 Å². The second-order valence-corrected chi connectivity index (χ2v) is 6.63. The predicted octanol–water partition coefficient (Wildman–Crippen LogP) is 1.95. The Morgan fingerprint density at radius 3 is 2.70 bits per heavy atom. The molecule has 0 saturated heterocycles. The van der Waals surface area contributed by atoms with E-state index in [1.54, 1.807) is 13.0 Å². The van der Waals surface area contributed by atoms with Gasteiger partial charge in [-0.25, -0.2) is 13.1 Å². The Morgan fingerprint density at radius 2 is 2.05 bits per heavy atom. The second kappa shape index (κ2) is 6.19. The molecule has 6 heteroatoms. The molecule has 0 bridgehead atoms. The van der Waals surface area contributed by atoms with Crippen LogP contribution in [0.1, 0.15) is 22.6 Å². The van der Waals surface area contributed by atoms with Gasteiger partial charge in [0, 0.05) is 19.0 Å². The summed E-state index contributed by atoms with van der Waals surface area (Å²) in [5.41, 5.74) is 2.59. The van der Waals surface area contributed by atoms with Crippen molar-refractivity contribution >= 4 is 10.0 Å². The molecule has 0 fully saturated rings. The van der Waals surface area contributed by atoms with Gasteiger partial charge in [0.1, 0.15) is 5.76 Å². The Kier molecular flexibility index (Phi) is 4.57. The molecule has 0 atom stereocenters. The lowest BCUT2D eigenvalue weighted by Gasteiger charge is -2.06. The summed E-state index contributed by atoms with van der Waals surface area (Å²) in [4.78, 5) is 0. The molecule has 2 rings (SSSR count). The zero-order chi connectivity index (χ0) is 14.6. The molecule has 0 aliphatic carbocycles. The number of benzene rings is 1. The normalized spacial score (nSPS) is 11.7. The SMILES string of the molecule is Cc1cccc(CS(=O)(=O)NCCc2cc(C)on2)c1. The van der Waals surface area contributed by atoms with Crippen LogP contribution in [-0.2, 0) is 22.2 Å². The largest absolute Gasteiger partial charge is 0.361 e. The fourth-order valence-corrected chi connectivity index (χ4v) is 3.08. The van der Waals surface area contributed by atoms with Crippen LogP contribution in [0, 0.1) is 13.8 Å². The minimum Gasteiger partial charge on any atom is -0.361 e. The minimum atomic E-state index is -3.32. The number of hydrogen-bond acceptors (Lipinski definition) is 4. The number of nitrogens with one attached hydrogen (secondary N) is 1. The zero-order valence-electron chi connectivity index (χ0n) is 11.6. The molecule has 1 aromatic carbocycles. The average molecular weight is 294 g/mol. The monoisotopic (exact) mass is 294 g/mol. The number of sulfonamides is 1. The summed E-state index contributed by atoms with van der Waals surface area (Å²) in [5.74, 6) is 0.717. The first kappa shape index (κ1) is 14.7. The fourth-order valence-electron chi connectivity index (χ4n) is 1.94. The Hall–Kier alpha value is -1.66. The Balaban J connectivity index is 1.88. The lowest BCUT2D eigenvalue weighted by atomic mass is 10.2. The first-order chi connectivity index (χ1) is 9.44. The van der Waals surface area contributed by atoms with Gasteiger partial charge in [0.2, 0.25) is 10.0 Å². The fraction of sp³-hybridized carbons (Fsp3) is 0.357. The maximum absolute atomic E-state index is 12.0. The molecule has 0 aliphatic heterocycles. The highest BCUT2D eigenvalue weighted by atomic mass is 32.2. The van der Waals surface area contributed by atoms with Crippen molar-refractivity contribution in [3.63, 3.8) is 0 Å². The van der Waals surface area contributed by atoms with Gasteiger partial charge in [-0.3, -0.25) is 0 Å². The minimum absolute atomic E-state index is 0.00742. The molecule has 0 radical (unpaired) electrons. The number of aryl methyl sites for hydroxylation is 2. The molecule has 2 aromatic rings. The van der Waals surface area contributed by atoms with Crippen molar-refractivity contribution in [2.24, 2.45) is 0 Å². The van der Waals surface area contributed by atoms with Crippen LogP contribution >= 0.6 is 0 Å². The van der Waals surface area contributed by atoms with Gasteiger partial charge in [0.25, 0.3) is 0 Å². The lowest BCUT2D eigenvalue weighted by molar-refractivity contribution is 0.390. The first-order valence-electron chi connectivity index (χ1n) is 6.40. The van der Waals surface area contributed by atoms with Gasteiger partial charge in [0.05, 0.1) is 11.4 Å². The lowest BCUT2D eigenvalue weighted by Crippen LogP contribution is -2.27. The van der Waals surface area contributed by atoms with Crippen LogP contribution in [-0.4, -0.2) is 20.1 Å². The van der Waals surface area contributed by atoms with E-state index in [0.29, 0.717) is 13.0 Å². The third-order valence-electron chi connectivity index (χ3n) is 2.82. The van der Waals surface area contributed by atoms with E-state index in [1.807, 2.05) is 31.2 Å². The van der Waals surface area contributed by atoms with Gasteiger partial charge in [-0.15, -0.1) is 0 Å². The van der Waals surface area contributed by atoms with Crippen molar-refractivity contribution in [3.8, 4) is 0 Å². The van der Waals surface area contributed by atoms with E-state index in [-0.39, 0.29) is 5.75 Å². The topological polar surface area (TPSA) is 72.2 Å². The molecule has 0 spiro atoms. The molecule has 0 amide bonds. The number of rotatable bonds is 6. The Bertz CT molecular complexity index is 677. The van der Waals surface area contributed by atoms with Crippen LogP contribution in [0.25, 0.3) is 0 Å². The molecule has 0 aliphatic rings. The van der Waals surface area contributed by atoms with Gasteiger partial charge in [-0.1, -0.05) is 35.0 Å². The van der Waals surface area contributed by atoms with E-state index in [1.165, 1.54) is 0 Å². The predicted molar refractivity (Wildman–Crippen MR) is 76.7 cm³/mol. The molecule has 108 valence electrons. The van der Waals surface area contributed by atoms with Crippen molar-refractivity contribution in [1.82, 2.24) is 9.88 Å². The molecule has 0 saturated carbocycles. The smallest absolute Gasteiger partial charge is 0.215 e. The Morgan fingerprint density at radius 1 is 1.25 bits per heavy atom. The van der Waals surface area contributed by atoms with Gasteiger partial charge >= 0.3 is 0 Å². The summed E-state index contributed by atoms with van der Waals surface area (Å²) in [7, 11) is -3.32. The molecule has 20 heavy (non-hydrogen) atoms.